The smallest absolute Gasteiger partial charge is 0.129 e. The maximum Gasteiger partial charge on any atom is 0.129 e. The van der Waals surface area contributed by atoms with Gasteiger partial charge in [0.15, 0.2) is 0 Å². The average molecular weight is 308 g/mol. The molecule has 0 aliphatic rings. The molecular weight excluding hydrogens is 286 g/mol. The van der Waals surface area contributed by atoms with Crippen LogP contribution in [0.25, 0.3) is 11.1 Å². The number of aromatic nitrogens is 2. The number of halogens is 1. The van der Waals surface area contributed by atoms with E-state index in [1.54, 1.807) is 17.9 Å². The summed E-state index contributed by atoms with van der Waals surface area (Å²) < 4.78 is 7.16. The quantitative estimate of drug-likeness (QED) is 0.935. The first-order chi connectivity index (χ1) is 9.73. The van der Waals surface area contributed by atoms with Gasteiger partial charge >= 0.3 is 0 Å². The van der Waals surface area contributed by atoms with E-state index in [1.165, 1.54) is 0 Å². The molecule has 2 N–H and O–H groups in total. The molecular formula is C16H22ClN3O. The van der Waals surface area contributed by atoms with E-state index in [-0.39, 0.29) is 5.41 Å². The van der Waals surface area contributed by atoms with E-state index in [9.17, 15) is 0 Å². The Morgan fingerprint density at radius 3 is 2.57 bits per heavy atom. The van der Waals surface area contributed by atoms with Crippen LogP contribution in [0.1, 0.15) is 26.5 Å². The number of anilines is 1. The number of nitrogens with zero attached hydrogens (tertiary/aromatic N) is 2. The highest BCUT2D eigenvalue weighted by atomic mass is 35.5. The molecule has 2 aromatic rings. The summed E-state index contributed by atoms with van der Waals surface area (Å²) in [5.74, 6) is 1.36. The first-order valence-electron chi connectivity index (χ1n) is 6.88. The lowest BCUT2D eigenvalue weighted by Crippen LogP contribution is -2.10. The second-order valence-electron chi connectivity index (χ2n) is 6.41. The molecule has 114 valence electrons. The van der Waals surface area contributed by atoms with Crippen LogP contribution >= 0.6 is 11.6 Å². The summed E-state index contributed by atoms with van der Waals surface area (Å²) in [6, 6.07) is 5.53. The van der Waals surface area contributed by atoms with Gasteiger partial charge in [0.25, 0.3) is 0 Å². The number of methoxy groups -OCH3 is 1. The minimum absolute atomic E-state index is 0.112. The fourth-order valence-corrected chi connectivity index (χ4v) is 2.56. The van der Waals surface area contributed by atoms with Crippen molar-refractivity contribution in [3.8, 4) is 16.9 Å². The van der Waals surface area contributed by atoms with Crippen molar-refractivity contribution in [3.63, 3.8) is 0 Å². The van der Waals surface area contributed by atoms with Gasteiger partial charge in [-0.1, -0.05) is 32.4 Å². The van der Waals surface area contributed by atoms with Crippen LogP contribution in [0.4, 0.5) is 5.82 Å². The van der Waals surface area contributed by atoms with Gasteiger partial charge in [-0.3, -0.25) is 4.68 Å². The van der Waals surface area contributed by atoms with Gasteiger partial charge in [0.2, 0.25) is 0 Å². The van der Waals surface area contributed by atoms with E-state index in [0.29, 0.717) is 10.8 Å². The Kier molecular flexibility index (Phi) is 4.19. The van der Waals surface area contributed by atoms with Crippen molar-refractivity contribution >= 4 is 17.4 Å². The molecule has 21 heavy (non-hydrogen) atoms. The molecule has 5 heteroatoms. The monoisotopic (exact) mass is 307 g/mol. The summed E-state index contributed by atoms with van der Waals surface area (Å²) >= 11 is 6.14. The van der Waals surface area contributed by atoms with Crippen molar-refractivity contribution in [2.24, 2.45) is 12.5 Å². The first-order valence-corrected chi connectivity index (χ1v) is 7.26. The van der Waals surface area contributed by atoms with Crippen molar-refractivity contribution in [3.05, 3.63) is 28.9 Å². The van der Waals surface area contributed by atoms with Crippen molar-refractivity contribution in [2.45, 2.75) is 27.2 Å². The van der Waals surface area contributed by atoms with Gasteiger partial charge in [-0.15, -0.1) is 0 Å². The molecule has 0 amide bonds. The maximum absolute atomic E-state index is 6.23. The molecule has 1 aromatic carbocycles. The molecule has 0 unspecified atom stereocenters. The molecule has 0 atom stereocenters. The topological polar surface area (TPSA) is 53.1 Å². The van der Waals surface area contributed by atoms with Gasteiger partial charge in [0, 0.05) is 17.6 Å². The normalized spacial score (nSPS) is 11.7. The molecule has 0 aliphatic heterocycles. The molecule has 0 saturated carbocycles. The fourth-order valence-electron chi connectivity index (χ4n) is 2.39. The minimum Gasteiger partial charge on any atom is -0.496 e. The summed E-state index contributed by atoms with van der Waals surface area (Å²) in [5.41, 5.74) is 9.10. The lowest BCUT2D eigenvalue weighted by atomic mass is 9.88. The van der Waals surface area contributed by atoms with Crippen molar-refractivity contribution < 1.29 is 4.74 Å². The van der Waals surface area contributed by atoms with E-state index in [2.05, 4.69) is 25.9 Å². The zero-order valence-electron chi connectivity index (χ0n) is 13.2. The van der Waals surface area contributed by atoms with Gasteiger partial charge in [0.05, 0.1) is 18.4 Å². The number of rotatable bonds is 3. The lowest BCUT2D eigenvalue weighted by molar-refractivity contribution is 0.404. The molecule has 2 rings (SSSR count). The van der Waals surface area contributed by atoms with E-state index in [0.717, 1.165) is 29.0 Å². The highest BCUT2D eigenvalue weighted by molar-refractivity contribution is 6.31. The minimum atomic E-state index is 0.112. The van der Waals surface area contributed by atoms with Gasteiger partial charge < -0.3 is 10.5 Å². The third kappa shape index (κ3) is 3.32. The largest absolute Gasteiger partial charge is 0.496 e. The van der Waals surface area contributed by atoms with Crippen LogP contribution in [-0.2, 0) is 13.5 Å². The summed E-state index contributed by atoms with van der Waals surface area (Å²) in [6.07, 6.45) is 0.822. The number of aryl methyl sites for hydroxylation is 1. The number of hydrogen-bond acceptors (Lipinski definition) is 3. The zero-order chi connectivity index (χ0) is 15.8. The van der Waals surface area contributed by atoms with Gasteiger partial charge in [-0.25, -0.2) is 0 Å². The summed E-state index contributed by atoms with van der Waals surface area (Å²) in [7, 11) is 3.49. The maximum atomic E-state index is 6.23. The molecule has 0 spiro atoms. The molecule has 0 fully saturated rings. The summed E-state index contributed by atoms with van der Waals surface area (Å²) in [5, 5.41) is 5.22. The number of nitrogens with two attached hydrogens (primary N) is 1. The van der Waals surface area contributed by atoms with Gasteiger partial charge in [-0.2, -0.15) is 5.10 Å². The highest BCUT2D eigenvalue weighted by Gasteiger charge is 2.23. The van der Waals surface area contributed by atoms with Crippen LogP contribution < -0.4 is 10.5 Å². The van der Waals surface area contributed by atoms with E-state index < -0.39 is 0 Å². The summed E-state index contributed by atoms with van der Waals surface area (Å²) in [6.45, 7) is 6.53. The Hall–Kier alpha value is -1.68. The highest BCUT2D eigenvalue weighted by Crippen LogP contribution is 2.39. The van der Waals surface area contributed by atoms with Crippen molar-refractivity contribution in [1.29, 1.82) is 0 Å². The molecule has 1 aromatic heterocycles. The van der Waals surface area contributed by atoms with Crippen molar-refractivity contribution in [2.75, 3.05) is 12.8 Å². The molecule has 0 saturated heterocycles. The molecule has 1 heterocycles. The predicted octanol–water partition coefficient (Wildman–Crippen LogP) is 3.92. The van der Waals surface area contributed by atoms with Gasteiger partial charge in [0.1, 0.15) is 11.6 Å². The average Bonchev–Trinajstić information content (AvgIpc) is 2.62. The van der Waals surface area contributed by atoms with Crippen LogP contribution in [0.3, 0.4) is 0 Å². The van der Waals surface area contributed by atoms with E-state index in [1.807, 2.05) is 19.2 Å². The van der Waals surface area contributed by atoms with Crippen molar-refractivity contribution in [1.82, 2.24) is 9.78 Å². The Morgan fingerprint density at radius 2 is 2.00 bits per heavy atom. The molecule has 0 aliphatic carbocycles. The molecule has 0 bridgehead atoms. The standard InChI is InChI=1S/C16H22ClN3O/c1-16(2,3)9-12-14(15(18)20(4)19-12)11-8-10(17)6-7-13(11)21-5/h6-8H,9,18H2,1-5H3. The Bertz CT molecular complexity index is 656. The fraction of sp³-hybridized carbons (Fsp3) is 0.438. The third-order valence-electron chi connectivity index (χ3n) is 3.29. The van der Waals surface area contributed by atoms with Crippen LogP contribution in [0, 0.1) is 5.41 Å². The SMILES string of the molecule is COc1ccc(Cl)cc1-c1c(CC(C)(C)C)nn(C)c1N. The van der Waals surface area contributed by atoms with Gasteiger partial charge in [-0.05, 0) is 30.0 Å². The second-order valence-corrected chi connectivity index (χ2v) is 6.85. The van der Waals surface area contributed by atoms with Crippen LogP contribution in [0.15, 0.2) is 18.2 Å². The number of nitrogen functional groups attached to an aromatic ring is 1. The van der Waals surface area contributed by atoms with E-state index in [4.69, 9.17) is 22.1 Å². The second kappa shape index (κ2) is 5.60. The number of ether oxygens (including phenoxy) is 1. The zero-order valence-corrected chi connectivity index (χ0v) is 14.0. The summed E-state index contributed by atoms with van der Waals surface area (Å²) in [4.78, 5) is 0. The third-order valence-corrected chi connectivity index (χ3v) is 3.53. The molecule has 4 nitrogen and oxygen atoms in total. The Balaban J connectivity index is 2.65. The van der Waals surface area contributed by atoms with Crippen LogP contribution in [-0.4, -0.2) is 16.9 Å². The van der Waals surface area contributed by atoms with E-state index >= 15 is 0 Å². The Morgan fingerprint density at radius 1 is 1.33 bits per heavy atom. The van der Waals surface area contributed by atoms with Crippen LogP contribution in [0.2, 0.25) is 5.02 Å². The number of hydrogen-bond donors (Lipinski definition) is 1. The number of benzene rings is 1. The lowest BCUT2D eigenvalue weighted by Gasteiger charge is -2.18. The first kappa shape index (κ1) is 15.7. The Labute approximate surface area is 130 Å². The van der Waals surface area contributed by atoms with Crippen LogP contribution in [0.5, 0.6) is 5.75 Å². The molecule has 0 radical (unpaired) electrons. The predicted molar refractivity (Wildman–Crippen MR) is 87.8 cm³/mol.